The number of nitrogens with zero attached hydrogens (tertiary/aromatic N) is 5. The number of ether oxygens (including phenoxy) is 1. The molecule has 9 nitrogen and oxygen atoms in total. The lowest BCUT2D eigenvalue weighted by molar-refractivity contribution is -0.154. The van der Waals surface area contributed by atoms with Crippen LogP contribution in [0.5, 0.6) is 0 Å². The summed E-state index contributed by atoms with van der Waals surface area (Å²) in [6, 6.07) is 12.7. The van der Waals surface area contributed by atoms with Gasteiger partial charge in [-0.1, -0.05) is 24.3 Å². The van der Waals surface area contributed by atoms with E-state index in [0.717, 1.165) is 40.3 Å². The van der Waals surface area contributed by atoms with Crippen LogP contribution in [0.15, 0.2) is 60.9 Å². The second kappa shape index (κ2) is 11.4. The van der Waals surface area contributed by atoms with Crippen LogP contribution in [-0.2, 0) is 27.8 Å². The number of aromatic nitrogens is 4. The molecule has 0 spiro atoms. The topological polar surface area (TPSA) is 86.4 Å². The monoisotopic (exact) mass is 536 g/mol. The van der Waals surface area contributed by atoms with Crippen LogP contribution in [0, 0.1) is 18.6 Å². The van der Waals surface area contributed by atoms with E-state index in [4.69, 9.17) is 14.7 Å². The molecule has 1 aliphatic rings. The predicted octanol–water partition coefficient (Wildman–Crippen LogP) is 3.52. The zero-order valence-corrected chi connectivity index (χ0v) is 22.0. The van der Waals surface area contributed by atoms with E-state index in [2.05, 4.69) is 10.4 Å². The minimum Gasteiger partial charge on any atom is -0.383 e. The van der Waals surface area contributed by atoms with Gasteiger partial charge in [0.2, 0.25) is 5.91 Å². The Bertz CT molecular complexity index is 1460. The Kier molecular flexibility index (Phi) is 7.82. The van der Waals surface area contributed by atoms with Crippen molar-refractivity contribution in [2.24, 2.45) is 7.05 Å². The number of carbonyl (C=O) groups is 1. The van der Waals surface area contributed by atoms with Crippen molar-refractivity contribution in [3.63, 3.8) is 0 Å². The molecule has 2 aromatic heterocycles. The summed E-state index contributed by atoms with van der Waals surface area (Å²) in [6.07, 6.45) is 2.98. The van der Waals surface area contributed by atoms with Gasteiger partial charge in [0.15, 0.2) is 11.6 Å². The molecule has 0 bridgehead atoms. The van der Waals surface area contributed by atoms with Crippen molar-refractivity contribution >= 4 is 5.91 Å². The third-order valence-corrected chi connectivity index (χ3v) is 6.74. The zero-order chi connectivity index (χ0) is 27.5. The molecule has 1 amide bonds. The third kappa shape index (κ3) is 5.75. The maximum absolute atomic E-state index is 14.0. The molecule has 204 valence electrons. The maximum atomic E-state index is 14.0. The normalized spacial score (nSPS) is 17.6. The largest absolute Gasteiger partial charge is 0.383 e. The summed E-state index contributed by atoms with van der Waals surface area (Å²) in [5.41, 5.74) is 4.45. The molecule has 1 fully saturated rings. The number of benzene rings is 2. The van der Waals surface area contributed by atoms with Crippen LogP contribution in [0.2, 0.25) is 0 Å². The number of halogens is 2. The number of hydrogen-bond donors (Lipinski definition) is 1. The lowest BCUT2D eigenvalue weighted by Gasteiger charge is -2.19. The summed E-state index contributed by atoms with van der Waals surface area (Å²) in [4.78, 5) is 19.5. The predicted molar refractivity (Wildman–Crippen MR) is 140 cm³/mol. The number of carbonyl (C=O) groups excluding carboxylic acids is 1. The molecular weight excluding hydrogens is 506 g/mol. The molecular formula is C28H30F2N6O3. The Morgan fingerprint density at radius 1 is 1.18 bits per heavy atom. The molecule has 0 radical (unpaired) electrons. The molecule has 4 aromatic rings. The first-order chi connectivity index (χ1) is 18.8. The number of hydrogen-bond acceptors (Lipinski definition) is 6. The van der Waals surface area contributed by atoms with Crippen molar-refractivity contribution in [2.45, 2.75) is 25.5 Å². The number of para-hydroxylation sites is 1. The van der Waals surface area contributed by atoms with Crippen molar-refractivity contribution in [3.05, 3.63) is 89.4 Å². The first kappa shape index (κ1) is 26.7. The van der Waals surface area contributed by atoms with E-state index in [1.807, 2.05) is 50.5 Å². The number of methoxy groups -OCH3 is 1. The van der Waals surface area contributed by atoms with Crippen molar-refractivity contribution in [3.8, 4) is 16.9 Å². The summed E-state index contributed by atoms with van der Waals surface area (Å²) >= 11 is 0. The zero-order valence-electron chi connectivity index (χ0n) is 22.0. The SMILES string of the molecule is COCCN1C[C@@H](NC(=O)Cc2c(C)c(-c3cnn(C)c3)nn2-c2ccccc2)[C@H](c2ccc(F)c(F)c2)O1. The number of rotatable bonds is 9. The molecule has 11 heteroatoms. The highest BCUT2D eigenvalue weighted by molar-refractivity contribution is 5.80. The van der Waals surface area contributed by atoms with E-state index in [1.54, 1.807) is 27.7 Å². The Balaban J connectivity index is 1.42. The van der Waals surface area contributed by atoms with E-state index in [9.17, 15) is 13.6 Å². The highest BCUT2D eigenvalue weighted by Gasteiger charge is 2.37. The Hall–Kier alpha value is -3.93. The Morgan fingerprint density at radius 2 is 1.97 bits per heavy atom. The van der Waals surface area contributed by atoms with Crippen LogP contribution in [0.3, 0.4) is 0 Å². The molecule has 2 aromatic carbocycles. The van der Waals surface area contributed by atoms with E-state index in [-0.39, 0.29) is 12.3 Å². The molecule has 1 aliphatic heterocycles. The molecule has 0 unspecified atom stereocenters. The molecule has 0 saturated carbocycles. The van der Waals surface area contributed by atoms with Gasteiger partial charge in [0.25, 0.3) is 0 Å². The fourth-order valence-corrected chi connectivity index (χ4v) is 4.78. The van der Waals surface area contributed by atoms with E-state index in [0.29, 0.717) is 25.3 Å². The molecule has 2 atom stereocenters. The van der Waals surface area contributed by atoms with Gasteiger partial charge in [-0.15, -0.1) is 0 Å². The van der Waals surface area contributed by atoms with E-state index in [1.165, 1.54) is 6.07 Å². The summed E-state index contributed by atoms with van der Waals surface area (Å²) in [7, 11) is 3.42. The quantitative estimate of drug-likeness (QED) is 0.352. The van der Waals surface area contributed by atoms with Crippen LogP contribution in [0.4, 0.5) is 8.78 Å². The fourth-order valence-electron chi connectivity index (χ4n) is 4.78. The fraction of sp³-hybridized carbons (Fsp3) is 0.321. The number of nitrogens with one attached hydrogen (secondary N) is 1. The molecule has 5 rings (SSSR count). The van der Waals surface area contributed by atoms with E-state index >= 15 is 0 Å². The van der Waals surface area contributed by atoms with Crippen LogP contribution in [-0.4, -0.2) is 63.4 Å². The van der Waals surface area contributed by atoms with Crippen molar-refractivity contribution < 1.29 is 23.1 Å². The minimum absolute atomic E-state index is 0.0487. The highest BCUT2D eigenvalue weighted by atomic mass is 19.2. The number of amides is 1. The van der Waals surface area contributed by atoms with Crippen molar-refractivity contribution in [2.75, 3.05) is 26.8 Å². The molecule has 0 aliphatic carbocycles. The van der Waals surface area contributed by atoms with Gasteiger partial charge in [-0.25, -0.2) is 13.5 Å². The lowest BCUT2D eigenvalue weighted by Crippen LogP contribution is -2.41. The molecule has 3 heterocycles. The second-order valence-electron chi connectivity index (χ2n) is 9.50. The van der Waals surface area contributed by atoms with Gasteiger partial charge in [-0.2, -0.15) is 15.3 Å². The first-order valence-corrected chi connectivity index (χ1v) is 12.6. The van der Waals surface area contributed by atoms with Gasteiger partial charge < -0.3 is 10.1 Å². The van der Waals surface area contributed by atoms with Crippen LogP contribution in [0.25, 0.3) is 16.9 Å². The Morgan fingerprint density at radius 3 is 2.67 bits per heavy atom. The van der Waals surface area contributed by atoms with Gasteiger partial charge in [-0.3, -0.25) is 14.3 Å². The second-order valence-corrected chi connectivity index (χ2v) is 9.50. The summed E-state index contributed by atoms with van der Waals surface area (Å²) < 4.78 is 36.3. The van der Waals surface area contributed by atoms with Crippen LogP contribution in [0.1, 0.15) is 22.9 Å². The standard InChI is InChI=1S/C28H30F2N6O3/c1-18-25(36(21-7-5-4-6-8-21)33-27(18)20-15-31-34(2)16-20)14-26(37)32-24-17-35(11-12-38-3)39-28(24)19-9-10-22(29)23(30)13-19/h4-10,13,15-16,24,28H,11-12,14,17H2,1-3H3,(H,32,37)/t24-,28+/m1/s1. The summed E-state index contributed by atoms with van der Waals surface area (Å²) in [5.74, 6) is -2.16. The van der Waals surface area contributed by atoms with Crippen molar-refractivity contribution in [1.82, 2.24) is 29.9 Å². The molecule has 39 heavy (non-hydrogen) atoms. The van der Waals surface area contributed by atoms with Gasteiger partial charge in [0, 0.05) is 39.0 Å². The van der Waals surface area contributed by atoms with Gasteiger partial charge >= 0.3 is 0 Å². The van der Waals surface area contributed by atoms with Crippen LogP contribution < -0.4 is 5.32 Å². The minimum atomic E-state index is -0.971. The average Bonchev–Trinajstić information content (AvgIpc) is 3.62. The average molecular weight is 537 g/mol. The summed E-state index contributed by atoms with van der Waals surface area (Å²) in [5, 5.41) is 13.8. The number of aryl methyl sites for hydroxylation is 1. The smallest absolute Gasteiger partial charge is 0.226 e. The summed E-state index contributed by atoms with van der Waals surface area (Å²) in [6.45, 7) is 3.17. The molecule has 1 saturated heterocycles. The number of hydroxylamine groups is 2. The van der Waals surface area contributed by atoms with E-state index < -0.39 is 23.8 Å². The first-order valence-electron chi connectivity index (χ1n) is 12.6. The lowest BCUT2D eigenvalue weighted by atomic mass is 10.0. The Labute approximate surface area is 224 Å². The third-order valence-electron chi connectivity index (χ3n) is 6.74. The van der Waals surface area contributed by atoms with Crippen LogP contribution >= 0.6 is 0 Å². The molecule has 1 N–H and O–H groups in total. The highest BCUT2D eigenvalue weighted by Crippen LogP contribution is 2.31. The van der Waals surface area contributed by atoms with Crippen molar-refractivity contribution in [1.29, 1.82) is 0 Å². The van der Waals surface area contributed by atoms with Gasteiger partial charge in [0.05, 0.1) is 42.3 Å². The van der Waals surface area contributed by atoms with Gasteiger partial charge in [0.1, 0.15) is 6.10 Å². The van der Waals surface area contributed by atoms with Gasteiger partial charge in [-0.05, 0) is 42.3 Å². The maximum Gasteiger partial charge on any atom is 0.226 e.